The number of imide groups is 1. The van der Waals surface area contributed by atoms with Crippen LogP contribution in [0.2, 0.25) is 0 Å². The van der Waals surface area contributed by atoms with Crippen molar-refractivity contribution in [3.05, 3.63) is 47.0 Å². The van der Waals surface area contributed by atoms with Gasteiger partial charge in [-0.05, 0) is 42.4 Å². The van der Waals surface area contributed by atoms with E-state index in [1.165, 1.54) is 16.2 Å². The second-order valence-corrected chi connectivity index (χ2v) is 9.94. The Balaban J connectivity index is 1.20. The Labute approximate surface area is 190 Å². The standard InChI is InChI=1S/C23H25N5O3S/c1-12(2)19-26-27-23(32-19)25-22(31)24-11-13-3-9-16(10-4-13)28-20(29)17-14-5-6-15(8-7-14)18(17)21(28)30/h3-6,9-10,12,14-15,17-18H,7-8,11H2,1-2H3,(H2,24,25,27,31). The Bertz CT molecular complexity index is 1060. The van der Waals surface area contributed by atoms with Crippen molar-refractivity contribution in [3.8, 4) is 0 Å². The van der Waals surface area contributed by atoms with E-state index in [4.69, 9.17) is 0 Å². The molecule has 166 valence electrons. The summed E-state index contributed by atoms with van der Waals surface area (Å²) in [5.74, 6) is 0.0236. The van der Waals surface area contributed by atoms with Gasteiger partial charge in [0.05, 0.1) is 17.5 Å². The topological polar surface area (TPSA) is 104 Å². The molecule has 4 unspecified atom stereocenters. The van der Waals surface area contributed by atoms with Crippen molar-refractivity contribution < 1.29 is 14.4 Å². The predicted octanol–water partition coefficient (Wildman–Crippen LogP) is 3.68. The zero-order chi connectivity index (χ0) is 22.4. The summed E-state index contributed by atoms with van der Waals surface area (Å²) in [6.07, 6.45) is 6.21. The van der Waals surface area contributed by atoms with E-state index >= 15 is 0 Å². The Hall–Kier alpha value is -3.07. The van der Waals surface area contributed by atoms with Crippen LogP contribution in [0.4, 0.5) is 15.6 Å². The Morgan fingerprint density at radius 2 is 1.69 bits per heavy atom. The molecule has 4 atom stereocenters. The van der Waals surface area contributed by atoms with Gasteiger partial charge >= 0.3 is 6.03 Å². The lowest BCUT2D eigenvalue weighted by Crippen LogP contribution is -2.38. The molecule has 2 aromatic rings. The molecule has 2 bridgehead atoms. The molecule has 1 aromatic carbocycles. The van der Waals surface area contributed by atoms with E-state index in [0.29, 0.717) is 17.4 Å². The van der Waals surface area contributed by atoms with Crippen LogP contribution in [0.1, 0.15) is 43.2 Å². The molecule has 0 radical (unpaired) electrons. The fourth-order valence-corrected chi connectivity index (χ4v) is 5.67. The summed E-state index contributed by atoms with van der Waals surface area (Å²) in [5, 5.41) is 14.8. The largest absolute Gasteiger partial charge is 0.334 e. The van der Waals surface area contributed by atoms with Gasteiger partial charge in [0.1, 0.15) is 5.01 Å². The van der Waals surface area contributed by atoms with Crippen LogP contribution in [-0.4, -0.2) is 28.0 Å². The van der Waals surface area contributed by atoms with Crippen LogP contribution < -0.4 is 15.5 Å². The summed E-state index contributed by atoms with van der Waals surface area (Å²) >= 11 is 1.35. The predicted molar refractivity (Wildman–Crippen MR) is 121 cm³/mol. The lowest BCUT2D eigenvalue weighted by Gasteiger charge is -2.38. The first-order valence-electron chi connectivity index (χ1n) is 11.0. The fraction of sp³-hybridized carbons (Fsp3) is 0.435. The molecule has 4 amide bonds. The first kappa shape index (κ1) is 20.8. The van der Waals surface area contributed by atoms with Crippen LogP contribution in [0, 0.1) is 23.7 Å². The third-order valence-electron chi connectivity index (χ3n) is 6.56. The van der Waals surface area contributed by atoms with E-state index in [-0.39, 0.29) is 47.4 Å². The second kappa shape index (κ2) is 8.12. The lowest BCUT2D eigenvalue weighted by molar-refractivity contribution is -0.124. The molecule has 2 heterocycles. The van der Waals surface area contributed by atoms with Crippen molar-refractivity contribution in [2.24, 2.45) is 23.7 Å². The molecule has 1 aromatic heterocycles. The van der Waals surface area contributed by atoms with Crippen LogP contribution in [0.3, 0.4) is 0 Å². The summed E-state index contributed by atoms with van der Waals surface area (Å²) in [7, 11) is 0. The van der Waals surface area contributed by atoms with Gasteiger partial charge in [-0.25, -0.2) is 4.79 Å². The van der Waals surface area contributed by atoms with Gasteiger partial charge in [-0.15, -0.1) is 10.2 Å². The highest BCUT2D eigenvalue weighted by Crippen LogP contribution is 2.50. The third-order valence-corrected chi connectivity index (χ3v) is 7.70. The number of carbonyl (C=O) groups is 3. The molecule has 4 aliphatic rings. The number of amides is 4. The van der Waals surface area contributed by atoms with Crippen molar-refractivity contribution in [1.82, 2.24) is 15.5 Å². The number of rotatable bonds is 5. The third kappa shape index (κ3) is 3.60. The summed E-state index contributed by atoms with van der Waals surface area (Å²) < 4.78 is 0. The van der Waals surface area contributed by atoms with Crippen molar-refractivity contribution in [3.63, 3.8) is 0 Å². The smallest absolute Gasteiger partial charge is 0.321 e. The van der Waals surface area contributed by atoms with Gasteiger partial charge < -0.3 is 5.32 Å². The number of benzene rings is 1. The second-order valence-electron chi connectivity index (χ2n) is 8.93. The minimum absolute atomic E-state index is 0.0814. The molecule has 2 N–H and O–H groups in total. The molecular formula is C23H25N5O3S. The molecule has 3 aliphatic carbocycles. The molecule has 8 nitrogen and oxygen atoms in total. The van der Waals surface area contributed by atoms with Gasteiger partial charge in [-0.2, -0.15) is 0 Å². The summed E-state index contributed by atoms with van der Waals surface area (Å²) in [6, 6.07) is 6.84. The van der Waals surface area contributed by atoms with E-state index < -0.39 is 0 Å². The quantitative estimate of drug-likeness (QED) is 0.533. The molecule has 1 saturated heterocycles. The van der Waals surface area contributed by atoms with Crippen molar-refractivity contribution >= 4 is 40.0 Å². The van der Waals surface area contributed by atoms with E-state index in [9.17, 15) is 14.4 Å². The highest BCUT2D eigenvalue weighted by atomic mass is 32.1. The normalized spacial score (nSPS) is 26.0. The fourth-order valence-electron chi connectivity index (χ4n) is 4.93. The van der Waals surface area contributed by atoms with Crippen molar-refractivity contribution in [2.45, 2.75) is 39.2 Å². The highest BCUT2D eigenvalue weighted by molar-refractivity contribution is 7.15. The molecule has 9 heteroatoms. The Morgan fingerprint density at radius 3 is 2.22 bits per heavy atom. The van der Waals surface area contributed by atoms with Crippen LogP contribution in [0.15, 0.2) is 36.4 Å². The molecule has 0 spiro atoms. The lowest BCUT2D eigenvalue weighted by atomic mass is 9.63. The number of fused-ring (bicyclic) bond motifs is 1. The van der Waals surface area contributed by atoms with Crippen LogP contribution in [0.25, 0.3) is 0 Å². The summed E-state index contributed by atoms with van der Waals surface area (Å²) in [4.78, 5) is 39.6. The number of nitrogens with zero attached hydrogens (tertiary/aromatic N) is 3. The minimum atomic E-state index is -0.363. The average molecular weight is 452 g/mol. The maximum Gasteiger partial charge on any atom is 0.321 e. The zero-order valence-electron chi connectivity index (χ0n) is 17.9. The number of carbonyl (C=O) groups excluding carboxylic acids is 3. The highest BCUT2D eigenvalue weighted by Gasteiger charge is 2.56. The van der Waals surface area contributed by atoms with Gasteiger partial charge in [0.25, 0.3) is 0 Å². The van der Waals surface area contributed by atoms with Crippen LogP contribution >= 0.6 is 11.3 Å². The van der Waals surface area contributed by atoms with E-state index in [1.54, 1.807) is 12.1 Å². The first-order valence-corrected chi connectivity index (χ1v) is 11.8. The van der Waals surface area contributed by atoms with Crippen LogP contribution in [0.5, 0.6) is 0 Å². The Morgan fingerprint density at radius 1 is 1.06 bits per heavy atom. The van der Waals surface area contributed by atoms with E-state index in [0.717, 1.165) is 23.4 Å². The minimum Gasteiger partial charge on any atom is -0.334 e. The molecule has 6 rings (SSSR count). The van der Waals surface area contributed by atoms with Crippen molar-refractivity contribution in [2.75, 3.05) is 10.2 Å². The van der Waals surface area contributed by atoms with Gasteiger partial charge in [-0.1, -0.05) is 49.5 Å². The number of hydrogen-bond acceptors (Lipinski definition) is 6. The van der Waals surface area contributed by atoms with Gasteiger partial charge in [-0.3, -0.25) is 19.8 Å². The molecular weight excluding hydrogens is 426 g/mol. The number of nitrogens with one attached hydrogen (secondary N) is 2. The van der Waals surface area contributed by atoms with Gasteiger partial charge in [0.2, 0.25) is 16.9 Å². The maximum atomic E-state index is 13.1. The van der Waals surface area contributed by atoms with Crippen molar-refractivity contribution in [1.29, 1.82) is 0 Å². The van der Waals surface area contributed by atoms with Crippen LogP contribution in [-0.2, 0) is 16.1 Å². The number of hydrogen-bond donors (Lipinski definition) is 2. The first-order chi connectivity index (χ1) is 15.4. The Kier molecular flexibility index (Phi) is 5.28. The van der Waals surface area contributed by atoms with Gasteiger partial charge in [0, 0.05) is 12.5 Å². The molecule has 1 saturated carbocycles. The van der Waals surface area contributed by atoms with E-state index in [2.05, 4.69) is 33.0 Å². The number of aromatic nitrogens is 2. The molecule has 32 heavy (non-hydrogen) atoms. The molecule has 2 fully saturated rings. The number of urea groups is 1. The summed E-state index contributed by atoms with van der Waals surface area (Å²) in [5.41, 5.74) is 1.46. The van der Waals surface area contributed by atoms with Gasteiger partial charge in [0.15, 0.2) is 0 Å². The maximum absolute atomic E-state index is 13.1. The monoisotopic (exact) mass is 451 g/mol. The summed E-state index contributed by atoms with van der Waals surface area (Å²) in [6.45, 7) is 4.35. The number of anilines is 2. The van der Waals surface area contributed by atoms with E-state index in [1.807, 2.05) is 26.0 Å². The number of allylic oxidation sites excluding steroid dienone is 2. The SMILES string of the molecule is CC(C)c1nnc(NC(=O)NCc2ccc(N3C(=O)C4C5C=CC(CC5)C4C3=O)cc2)s1. The molecule has 1 aliphatic heterocycles. The zero-order valence-corrected chi connectivity index (χ0v) is 18.8. The average Bonchev–Trinajstić information content (AvgIpc) is 3.37.